The van der Waals surface area contributed by atoms with Gasteiger partial charge >= 0.3 is 5.97 Å². The van der Waals surface area contributed by atoms with Crippen molar-refractivity contribution in [1.82, 2.24) is 0 Å². The van der Waals surface area contributed by atoms with E-state index in [1.54, 1.807) is 0 Å². The first-order chi connectivity index (χ1) is 11.5. The number of nitrogens with one attached hydrogen (secondary N) is 2. The topological polar surface area (TPSA) is 59.8 Å². The van der Waals surface area contributed by atoms with Crippen LogP contribution in [0.25, 0.3) is 0 Å². The highest BCUT2D eigenvalue weighted by Gasteiger charge is 2.29. The van der Waals surface area contributed by atoms with E-state index in [4.69, 9.17) is 4.74 Å². The largest absolute Gasteiger partial charge is 0.466 e. The van der Waals surface area contributed by atoms with Gasteiger partial charge in [-0.25, -0.2) is 0 Å². The zero-order valence-electron chi connectivity index (χ0n) is 14.4. The number of carbonyl (C=O) groups excluding carboxylic acids is 2. The van der Waals surface area contributed by atoms with E-state index < -0.39 is 0 Å². The maximum Gasteiger partial charge on any atom is 0.314 e. The van der Waals surface area contributed by atoms with Crippen molar-refractivity contribution in [2.45, 2.75) is 33.1 Å². The van der Waals surface area contributed by atoms with Crippen molar-refractivity contribution < 1.29 is 19.2 Å². The molecule has 0 radical (unpaired) electrons. The van der Waals surface area contributed by atoms with Gasteiger partial charge in [-0.1, -0.05) is 15.9 Å². The van der Waals surface area contributed by atoms with E-state index in [1.807, 2.05) is 32.0 Å². The number of hydrogen-bond acceptors (Lipinski definition) is 3. The maximum atomic E-state index is 12.1. The molecule has 1 aliphatic rings. The van der Waals surface area contributed by atoms with E-state index in [0.29, 0.717) is 13.0 Å². The fourth-order valence-electron chi connectivity index (χ4n) is 3.08. The van der Waals surface area contributed by atoms with Gasteiger partial charge < -0.3 is 15.0 Å². The Balaban J connectivity index is 1.78. The Bertz CT molecular complexity index is 592. The van der Waals surface area contributed by atoms with Crippen molar-refractivity contribution >= 4 is 33.5 Å². The zero-order chi connectivity index (χ0) is 17.5. The first-order valence-corrected chi connectivity index (χ1v) is 9.35. The van der Waals surface area contributed by atoms with Crippen molar-refractivity contribution in [1.29, 1.82) is 0 Å². The molecule has 0 saturated carbocycles. The molecule has 1 aromatic carbocycles. The number of piperidine rings is 1. The minimum Gasteiger partial charge on any atom is -0.466 e. The maximum absolute atomic E-state index is 12.1. The zero-order valence-corrected chi connectivity index (χ0v) is 15.9. The Labute approximate surface area is 151 Å². The van der Waals surface area contributed by atoms with Crippen LogP contribution in [0.5, 0.6) is 0 Å². The highest BCUT2D eigenvalue weighted by molar-refractivity contribution is 9.10. The molecule has 0 spiro atoms. The molecule has 1 unspecified atom stereocenters. The van der Waals surface area contributed by atoms with Gasteiger partial charge in [0.1, 0.15) is 5.92 Å². The number of amides is 1. The van der Waals surface area contributed by atoms with E-state index in [9.17, 15) is 9.59 Å². The normalized spacial score (nSPS) is 20.5. The number of aryl methyl sites for hydroxylation is 1. The number of ether oxygens (including phenoxy) is 1. The number of hydrogen-bond donors (Lipinski definition) is 2. The van der Waals surface area contributed by atoms with Crippen molar-refractivity contribution in [2.75, 3.05) is 31.6 Å². The lowest BCUT2D eigenvalue weighted by Crippen LogP contribution is -3.13. The third-order valence-electron chi connectivity index (χ3n) is 4.39. The van der Waals surface area contributed by atoms with Gasteiger partial charge in [0.05, 0.1) is 32.7 Å². The molecule has 0 aliphatic carbocycles. The van der Waals surface area contributed by atoms with E-state index in [0.717, 1.165) is 48.2 Å². The molecule has 2 atom stereocenters. The van der Waals surface area contributed by atoms with Crippen LogP contribution in [0.1, 0.15) is 31.7 Å². The summed E-state index contributed by atoms with van der Waals surface area (Å²) in [4.78, 5) is 25.3. The summed E-state index contributed by atoms with van der Waals surface area (Å²) in [5, 5.41) is 2.94. The quantitative estimate of drug-likeness (QED) is 0.721. The molecule has 5 nitrogen and oxygen atoms in total. The van der Waals surface area contributed by atoms with Crippen molar-refractivity contribution in [2.24, 2.45) is 5.92 Å². The number of esters is 1. The fourth-order valence-corrected chi connectivity index (χ4v) is 3.32. The van der Waals surface area contributed by atoms with Crippen molar-refractivity contribution in [3.63, 3.8) is 0 Å². The van der Waals surface area contributed by atoms with Gasteiger partial charge in [-0.05, 0) is 50.5 Å². The van der Waals surface area contributed by atoms with E-state index >= 15 is 0 Å². The Morgan fingerprint density at radius 2 is 2.21 bits per heavy atom. The van der Waals surface area contributed by atoms with Gasteiger partial charge in [-0.3, -0.25) is 9.59 Å². The van der Waals surface area contributed by atoms with E-state index in [1.165, 1.54) is 4.90 Å². The SMILES string of the molecule is CCOC(=O)[C@H]1CCC[NH+](CCC(=O)Nc2ccc(Br)c(C)c2)C1. The number of halogens is 1. The van der Waals surface area contributed by atoms with Crippen LogP contribution >= 0.6 is 15.9 Å². The smallest absolute Gasteiger partial charge is 0.314 e. The van der Waals surface area contributed by atoms with Crippen LogP contribution in [0.3, 0.4) is 0 Å². The highest BCUT2D eigenvalue weighted by atomic mass is 79.9. The molecule has 0 aromatic heterocycles. The summed E-state index contributed by atoms with van der Waals surface area (Å²) in [7, 11) is 0. The molecule has 2 rings (SSSR count). The van der Waals surface area contributed by atoms with Crippen LogP contribution in [-0.4, -0.2) is 38.1 Å². The fraction of sp³-hybridized carbons (Fsp3) is 0.556. The van der Waals surface area contributed by atoms with Crippen LogP contribution in [-0.2, 0) is 14.3 Å². The molecule has 1 aromatic rings. The first-order valence-electron chi connectivity index (χ1n) is 8.55. The van der Waals surface area contributed by atoms with Crippen LogP contribution < -0.4 is 10.2 Å². The van der Waals surface area contributed by atoms with Gasteiger partial charge in [0.25, 0.3) is 0 Å². The van der Waals surface area contributed by atoms with Crippen LogP contribution in [0, 0.1) is 12.8 Å². The van der Waals surface area contributed by atoms with E-state index in [-0.39, 0.29) is 17.8 Å². The van der Waals surface area contributed by atoms with Gasteiger partial charge in [0, 0.05) is 10.2 Å². The number of likely N-dealkylation sites (tertiary alicyclic amines) is 1. The number of quaternary nitrogens is 1. The average molecular weight is 398 g/mol. The standard InChI is InChI=1S/C18H25BrN2O3/c1-3-24-18(23)14-5-4-9-21(12-14)10-8-17(22)20-15-6-7-16(19)13(2)11-15/h6-7,11,14H,3-5,8-10,12H2,1-2H3,(H,20,22)/p+1/t14-/m0/s1. The molecule has 1 heterocycles. The number of carbonyl (C=O) groups is 2. The van der Waals surface area contributed by atoms with Gasteiger partial charge in [0.2, 0.25) is 5.91 Å². The Kier molecular flexibility index (Phi) is 7.24. The van der Waals surface area contributed by atoms with Gasteiger partial charge in [-0.2, -0.15) is 0 Å². The molecule has 24 heavy (non-hydrogen) atoms. The first kappa shape index (κ1) is 18.9. The van der Waals surface area contributed by atoms with Crippen LogP contribution in [0.4, 0.5) is 5.69 Å². The Morgan fingerprint density at radius 3 is 2.92 bits per heavy atom. The summed E-state index contributed by atoms with van der Waals surface area (Å²) in [5.74, 6) is -0.0992. The average Bonchev–Trinajstić information content (AvgIpc) is 2.57. The third-order valence-corrected chi connectivity index (χ3v) is 5.27. The molecule has 1 amide bonds. The second kappa shape index (κ2) is 9.18. The molecule has 2 N–H and O–H groups in total. The molecule has 1 fully saturated rings. The highest BCUT2D eigenvalue weighted by Crippen LogP contribution is 2.20. The molecule has 0 bridgehead atoms. The van der Waals surface area contributed by atoms with Crippen molar-refractivity contribution in [3.05, 3.63) is 28.2 Å². The lowest BCUT2D eigenvalue weighted by molar-refractivity contribution is -0.906. The molecule has 6 heteroatoms. The lowest BCUT2D eigenvalue weighted by atomic mass is 9.98. The summed E-state index contributed by atoms with van der Waals surface area (Å²) in [6.45, 7) is 6.79. The van der Waals surface area contributed by atoms with Gasteiger partial charge in [0.15, 0.2) is 0 Å². The number of rotatable bonds is 6. The van der Waals surface area contributed by atoms with E-state index in [2.05, 4.69) is 21.2 Å². The molecule has 132 valence electrons. The summed E-state index contributed by atoms with van der Waals surface area (Å²) in [5.41, 5.74) is 1.91. The van der Waals surface area contributed by atoms with Gasteiger partial charge in [-0.15, -0.1) is 0 Å². The molecule has 1 saturated heterocycles. The summed E-state index contributed by atoms with van der Waals surface area (Å²) in [6.07, 6.45) is 2.36. The lowest BCUT2D eigenvalue weighted by Gasteiger charge is -2.28. The Morgan fingerprint density at radius 1 is 1.42 bits per heavy atom. The second-order valence-electron chi connectivity index (χ2n) is 6.31. The molecular weight excluding hydrogens is 372 g/mol. The summed E-state index contributed by atoms with van der Waals surface area (Å²) < 4.78 is 6.15. The summed E-state index contributed by atoms with van der Waals surface area (Å²) in [6, 6.07) is 5.77. The van der Waals surface area contributed by atoms with Crippen LogP contribution in [0.2, 0.25) is 0 Å². The molecule has 1 aliphatic heterocycles. The molecular formula is C18H26BrN2O3+. The monoisotopic (exact) mass is 397 g/mol. The minimum absolute atomic E-state index is 0.0162. The second-order valence-corrected chi connectivity index (χ2v) is 7.16. The predicted octanol–water partition coefficient (Wildman–Crippen LogP) is 1.94. The van der Waals surface area contributed by atoms with Crippen LogP contribution in [0.15, 0.2) is 22.7 Å². The number of benzene rings is 1. The van der Waals surface area contributed by atoms with Crippen molar-refractivity contribution in [3.8, 4) is 0 Å². The third kappa shape index (κ3) is 5.60. The Hall–Kier alpha value is -1.40. The summed E-state index contributed by atoms with van der Waals surface area (Å²) >= 11 is 3.45. The predicted molar refractivity (Wildman–Crippen MR) is 97.0 cm³/mol. The number of anilines is 1. The minimum atomic E-state index is -0.0931.